The SMILES string of the molecule is C=C(OC(COC)CN1CCCCC1)C1CNCC(OC)C1. The number of hydrogen-bond donors (Lipinski definition) is 1. The van der Waals surface area contributed by atoms with E-state index in [1.165, 1.54) is 32.4 Å². The van der Waals surface area contributed by atoms with Gasteiger partial charge < -0.3 is 19.5 Å². The van der Waals surface area contributed by atoms with E-state index in [0.29, 0.717) is 12.5 Å². The highest BCUT2D eigenvalue weighted by atomic mass is 16.5. The van der Waals surface area contributed by atoms with Gasteiger partial charge in [-0.25, -0.2) is 0 Å². The summed E-state index contributed by atoms with van der Waals surface area (Å²) >= 11 is 0. The predicted octanol–water partition coefficient (Wildman–Crippen LogP) is 1.64. The summed E-state index contributed by atoms with van der Waals surface area (Å²) < 4.78 is 17.0. The van der Waals surface area contributed by atoms with Gasteiger partial charge in [-0.1, -0.05) is 13.0 Å². The van der Waals surface area contributed by atoms with Crippen molar-refractivity contribution in [3.05, 3.63) is 12.3 Å². The van der Waals surface area contributed by atoms with E-state index in [1.54, 1.807) is 14.2 Å². The lowest BCUT2D eigenvalue weighted by molar-refractivity contribution is -0.00941. The minimum atomic E-state index is 0.0681. The summed E-state index contributed by atoms with van der Waals surface area (Å²) in [5.41, 5.74) is 0. The number of nitrogens with zero attached hydrogens (tertiary/aromatic N) is 1. The van der Waals surface area contributed by atoms with Gasteiger partial charge in [-0.05, 0) is 32.4 Å². The van der Waals surface area contributed by atoms with Gasteiger partial charge in [0.25, 0.3) is 0 Å². The summed E-state index contributed by atoms with van der Waals surface area (Å²) in [7, 11) is 3.50. The van der Waals surface area contributed by atoms with E-state index in [1.807, 2.05) is 0 Å². The molecule has 0 aromatic heterocycles. The quantitative estimate of drug-likeness (QED) is 0.690. The number of rotatable bonds is 8. The molecule has 128 valence electrons. The van der Waals surface area contributed by atoms with Crippen LogP contribution in [-0.2, 0) is 14.2 Å². The highest BCUT2D eigenvalue weighted by molar-refractivity contribution is 4.97. The predicted molar refractivity (Wildman–Crippen MR) is 88.0 cm³/mol. The van der Waals surface area contributed by atoms with Gasteiger partial charge in [0.2, 0.25) is 0 Å². The molecule has 0 spiro atoms. The zero-order chi connectivity index (χ0) is 15.8. The molecule has 2 fully saturated rings. The minimum Gasteiger partial charge on any atom is -0.491 e. The molecular weight excluding hydrogens is 280 g/mol. The first-order chi connectivity index (χ1) is 10.7. The zero-order valence-corrected chi connectivity index (χ0v) is 14.2. The van der Waals surface area contributed by atoms with Crippen LogP contribution in [0.25, 0.3) is 0 Å². The van der Waals surface area contributed by atoms with Crippen LogP contribution in [0.2, 0.25) is 0 Å². The van der Waals surface area contributed by atoms with Crippen molar-refractivity contribution in [1.82, 2.24) is 10.2 Å². The molecule has 0 aromatic carbocycles. The number of methoxy groups -OCH3 is 2. The second-order valence-corrected chi connectivity index (χ2v) is 6.47. The van der Waals surface area contributed by atoms with E-state index in [0.717, 1.165) is 31.8 Å². The maximum atomic E-state index is 6.17. The van der Waals surface area contributed by atoms with Gasteiger partial charge in [0.15, 0.2) is 0 Å². The summed E-state index contributed by atoms with van der Waals surface area (Å²) in [6.45, 7) is 9.89. The van der Waals surface area contributed by atoms with Crippen LogP contribution in [0.5, 0.6) is 0 Å². The molecule has 0 saturated carbocycles. The van der Waals surface area contributed by atoms with E-state index < -0.39 is 0 Å². The Morgan fingerprint density at radius 2 is 2.00 bits per heavy atom. The fraction of sp³-hybridized carbons (Fsp3) is 0.882. The lowest BCUT2D eigenvalue weighted by atomic mass is 9.96. The molecule has 2 aliphatic heterocycles. The van der Waals surface area contributed by atoms with E-state index in [2.05, 4.69) is 16.8 Å². The number of ether oxygens (including phenoxy) is 3. The molecule has 3 atom stereocenters. The molecule has 5 nitrogen and oxygen atoms in total. The Kier molecular flexibility index (Phi) is 7.66. The number of piperidine rings is 2. The van der Waals surface area contributed by atoms with E-state index in [-0.39, 0.29) is 12.2 Å². The molecule has 0 aromatic rings. The maximum absolute atomic E-state index is 6.17. The molecule has 0 bridgehead atoms. The Balaban J connectivity index is 1.82. The largest absolute Gasteiger partial charge is 0.491 e. The van der Waals surface area contributed by atoms with Crippen molar-refractivity contribution < 1.29 is 14.2 Å². The van der Waals surface area contributed by atoms with Crippen molar-refractivity contribution >= 4 is 0 Å². The maximum Gasteiger partial charge on any atom is 0.134 e. The Morgan fingerprint density at radius 3 is 2.68 bits per heavy atom. The second-order valence-electron chi connectivity index (χ2n) is 6.47. The Hall–Kier alpha value is -0.620. The molecular formula is C17H32N2O3. The van der Waals surface area contributed by atoms with E-state index in [4.69, 9.17) is 14.2 Å². The van der Waals surface area contributed by atoms with Gasteiger partial charge in [-0.15, -0.1) is 0 Å². The van der Waals surface area contributed by atoms with Crippen molar-refractivity contribution in [2.75, 3.05) is 53.6 Å². The van der Waals surface area contributed by atoms with Crippen LogP contribution in [-0.4, -0.2) is 70.7 Å². The average Bonchev–Trinajstić information content (AvgIpc) is 2.56. The first-order valence-corrected chi connectivity index (χ1v) is 8.53. The van der Waals surface area contributed by atoms with Gasteiger partial charge in [0.1, 0.15) is 6.10 Å². The van der Waals surface area contributed by atoms with Crippen molar-refractivity contribution in [1.29, 1.82) is 0 Å². The number of nitrogens with one attached hydrogen (secondary N) is 1. The van der Waals surface area contributed by atoms with Crippen LogP contribution >= 0.6 is 0 Å². The lowest BCUT2D eigenvalue weighted by Gasteiger charge is -2.34. The molecule has 0 radical (unpaired) electrons. The van der Waals surface area contributed by atoms with Gasteiger partial charge in [-0.2, -0.15) is 0 Å². The van der Waals surface area contributed by atoms with Crippen LogP contribution in [0.3, 0.4) is 0 Å². The highest BCUT2D eigenvalue weighted by Gasteiger charge is 2.26. The van der Waals surface area contributed by atoms with Crippen LogP contribution in [0.1, 0.15) is 25.7 Å². The molecule has 2 heterocycles. The van der Waals surface area contributed by atoms with Crippen LogP contribution in [0.4, 0.5) is 0 Å². The Morgan fingerprint density at radius 1 is 1.23 bits per heavy atom. The van der Waals surface area contributed by atoms with Crippen molar-refractivity contribution in [3.8, 4) is 0 Å². The third-order valence-corrected chi connectivity index (χ3v) is 4.68. The fourth-order valence-corrected chi connectivity index (χ4v) is 3.38. The molecule has 2 aliphatic rings. The molecule has 0 aliphatic carbocycles. The van der Waals surface area contributed by atoms with Crippen LogP contribution in [0, 0.1) is 5.92 Å². The van der Waals surface area contributed by atoms with Crippen LogP contribution in [0.15, 0.2) is 12.3 Å². The first-order valence-electron chi connectivity index (χ1n) is 8.53. The second kappa shape index (κ2) is 9.50. The first kappa shape index (κ1) is 17.7. The molecule has 0 amide bonds. The summed E-state index contributed by atoms with van der Waals surface area (Å²) in [6, 6.07) is 0. The van der Waals surface area contributed by atoms with Gasteiger partial charge in [0, 0.05) is 39.8 Å². The lowest BCUT2D eigenvalue weighted by Crippen LogP contribution is -2.43. The van der Waals surface area contributed by atoms with E-state index >= 15 is 0 Å². The van der Waals surface area contributed by atoms with E-state index in [9.17, 15) is 0 Å². The molecule has 2 saturated heterocycles. The Labute approximate surface area is 135 Å². The number of hydrogen-bond acceptors (Lipinski definition) is 5. The normalized spacial score (nSPS) is 28.3. The van der Waals surface area contributed by atoms with Gasteiger partial charge in [-0.3, -0.25) is 4.90 Å². The average molecular weight is 312 g/mol. The summed E-state index contributed by atoms with van der Waals surface area (Å²) in [4.78, 5) is 2.48. The monoisotopic (exact) mass is 312 g/mol. The van der Waals surface area contributed by atoms with Gasteiger partial charge >= 0.3 is 0 Å². The third kappa shape index (κ3) is 5.54. The Bertz CT molecular complexity index is 332. The molecule has 22 heavy (non-hydrogen) atoms. The smallest absolute Gasteiger partial charge is 0.134 e. The summed E-state index contributed by atoms with van der Waals surface area (Å²) in [6.07, 6.45) is 5.24. The van der Waals surface area contributed by atoms with Crippen molar-refractivity contribution in [2.45, 2.75) is 37.9 Å². The molecule has 3 unspecified atom stereocenters. The zero-order valence-electron chi connectivity index (χ0n) is 14.2. The molecule has 1 N–H and O–H groups in total. The number of likely N-dealkylation sites (tertiary alicyclic amines) is 1. The summed E-state index contributed by atoms with van der Waals surface area (Å²) in [5, 5.41) is 3.40. The molecule has 5 heteroatoms. The topological polar surface area (TPSA) is 43.0 Å². The minimum absolute atomic E-state index is 0.0681. The highest BCUT2D eigenvalue weighted by Crippen LogP contribution is 2.22. The van der Waals surface area contributed by atoms with Crippen LogP contribution < -0.4 is 5.32 Å². The standard InChI is InChI=1S/C17H32N2O3/c1-14(15-9-16(21-3)11-18-10-15)22-17(13-20-2)12-19-7-5-4-6-8-19/h15-18H,1,4-13H2,2-3H3. The van der Waals surface area contributed by atoms with Crippen molar-refractivity contribution in [3.63, 3.8) is 0 Å². The van der Waals surface area contributed by atoms with Crippen molar-refractivity contribution in [2.24, 2.45) is 5.92 Å². The van der Waals surface area contributed by atoms with Gasteiger partial charge in [0.05, 0.1) is 18.5 Å². The summed E-state index contributed by atoms with van der Waals surface area (Å²) in [5.74, 6) is 1.19. The molecule has 2 rings (SSSR count). The third-order valence-electron chi connectivity index (χ3n) is 4.68. The fourth-order valence-electron chi connectivity index (χ4n) is 3.38.